The second kappa shape index (κ2) is 6.91. The van der Waals surface area contributed by atoms with E-state index in [2.05, 4.69) is 27.4 Å². The minimum Gasteiger partial charge on any atom is -0.290 e. The SMILES string of the molecule is CCCCn1nnnc1CSc1nc2ccccc2c(=O)n1C. The fourth-order valence-corrected chi connectivity index (χ4v) is 3.17. The van der Waals surface area contributed by atoms with Crippen molar-refractivity contribution in [1.29, 1.82) is 0 Å². The quantitative estimate of drug-likeness (QED) is 0.508. The maximum atomic E-state index is 12.4. The number of benzene rings is 1. The Labute approximate surface area is 137 Å². The van der Waals surface area contributed by atoms with Gasteiger partial charge in [0.2, 0.25) is 0 Å². The lowest BCUT2D eigenvalue weighted by Gasteiger charge is -2.08. The number of tetrazole rings is 1. The second-order valence-corrected chi connectivity index (χ2v) is 6.18. The number of rotatable bonds is 6. The van der Waals surface area contributed by atoms with E-state index in [0.29, 0.717) is 21.8 Å². The highest BCUT2D eigenvalue weighted by Gasteiger charge is 2.11. The molecule has 0 spiro atoms. The summed E-state index contributed by atoms with van der Waals surface area (Å²) >= 11 is 1.47. The normalized spacial score (nSPS) is 11.2. The number of aryl methyl sites for hydroxylation is 1. The maximum absolute atomic E-state index is 12.4. The van der Waals surface area contributed by atoms with Crippen molar-refractivity contribution < 1.29 is 0 Å². The minimum atomic E-state index is -0.0383. The first-order valence-electron chi connectivity index (χ1n) is 7.54. The van der Waals surface area contributed by atoms with Gasteiger partial charge < -0.3 is 0 Å². The topological polar surface area (TPSA) is 78.5 Å². The third-order valence-electron chi connectivity index (χ3n) is 3.60. The molecule has 3 aromatic rings. The molecule has 0 N–H and O–H groups in total. The molecule has 0 atom stereocenters. The van der Waals surface area contributed by atoms with Gasteiger partial charge in [-0.15, -0.1) is 5.10 Å². The smallest absolute Gasteiger partial charge is 0.261 e. The van der Waals surface area contributed by atoms with Gasteiger partial charge in [-0.05, 0) is 29.0 Å². The zero-order valence-corrected chi connectivity index (χ0v) is 14.0. The monoisotopic (exact) mass is 330 g/mol. The van der Waals surface area contributed by atoms with Crippen molar-refractivity contribution in [3.63, 3.8) is 0 Å². The number of nitrogens with zero attached hydrogens (tertiary/aromatic N) is 6. The molecule has 7 nitrogen and oxygen atoms in total. The van der Waals surface area contributed by atoms with E-state index < -0.39 is 0 Å². The van der Waals surface area contributed by atoms with Crippen LogP contribution in [0.5, 0.6) is 0 Å². The van der Waals surface area contributed by atoms with Crippen molar-refractivity contribution in [2.24, 2.45) is 7.05 Å². The van der Waals surface area contributed by atoms with Gasteiger partial charge in [0, 0.05) is 13.6 Å². The Bertz CT molecular complexity index is 872. The maximum Gasteiger partial charge on any atom is 0.261 e. The third-order valence-corrected chi connectivity index (χ3v) is 4.63. The molecule has 1 aromatic carbocycles. The van der Waals surface area contributed by atoms with Crippen molar-refractivity contribution in [2.45, 2.75) is 37.2 Å². The van der Waals surface area contributed by atoms with Gasteiger partial charge in [0.25, 0.3) is 5.56 Å². The van der Waals surface area contributed by atoms with Crippen LogP contribution >= 0.6 is 11.8 Å². The molecule has 2 heterocycles. The molecular formula is C15H18N6OS. The summed E-state index contributed by atoms with van der Waals surface area (Å²) in [5, 5.41) is 13.1. The van der Waals surface area contributed by atoms with E-state index in [1.165, 1.54) is 11.8 Å². The van der Waals surface area contributed by atoms with Gasteiger partial charge >= 0.3 is 0 Å². The van der Waals surface area contributed by atoms with Crippen LogP contribution in [-0.4, -0.2) is 29.8 Å². The predicted octanol–water partition coefficient (Wildman–Crippen LogP) is 2.01. The molecule has 0 aliphatic carbocycles. The number of thioether (sulfide) groups is 1. The molecule has 3 rings (SSSR count). The lowest BCUT2D eigenvalue weighted by molar-refractivity contribution is 0.540. The first-order valence-corrected chi connectivity index (χ1v) is 8.53. The highest BCUT2D eigenvalue weighted by molar-refractivity contribution is 7.98. The minimum absolute atomic E-state index is 0.0383. The fraction of sp³-hybridized carbons (Fsp3) is 0.400. The summed E-state index contributed by atoms with van der Waals surface area (Å²) in [7, 11) is 1.74. The Morgan fingerprint density at radius 2 is 2.09 bits per heavy atom. The zero-order chi connectivity index (χ0) is 16.2. The van der Waals surface area contributed by atoms with Crippen LogP contribution in [0.25, 0.3) is 10.9 Å². The molecule has 0 amide bonds. The summed E-state index contributed by atoms with van der Waals surface area (Å²) < 4.78 is 3.39. The van der Waals surface area contributed by atoms with Gasteiger partial charge in [0.05, 0.1) is 16.7 Å². The van der Waals surface area contributed by atoms with Crippen molar-refractivity contribution in [2.75, 3.05) is 0 Å². The molecule has 120 valence electrons. The molecule has 0 aliphatic heterocycles. The first-order chi connectivity index (χ1) is 11.2. The van der Waals surface area contributed by atoms with Gasteiger partial charge in [0.1, 0.15) is 0 Å². The number of aromatic nitrogens is 6. The number of fused-ring (bicyclic) bond motifs is 1. The van der Waals surface area contributed by atoms with Crippen molar-refractivity contribution in [3.05, 3.63) is 40.4 Å². The van der Waals surface area contributed by atoms with Gasteiger partial charge in [-0.25, -0.2) is 9.67 Å². The number of hydrogen-bond acceptors (Lipinski definition) is 6. The Morgan fingerprint density at radius 3 is 2.91 bits per heavy atom. The molecule has 0 radical (unpaired) electrons. The van der Waals surface area contributed by atoms with Crippen molar-refractivity contribution in [1.82, 2.24) is 29.8 Å². The van der Waals surface area contributed by atoms with E-state index >= 15 is 0 Å². The Balaban J connectivity index is 1.84. The standard InChI is InChI=1S/C15H18N6OS/c1-3-4-9-21-13(17-18-19-21)10-23-15-16-12-8-6-5-7-11(12)14(22)20(15)2/h5-8H,3-4,9-10H2,1-2H3. The van der Waals surface area contributed by atoms with E-state index in [0.717, 1.165) is 25.2 Å². The molecular weight excluding hydrogens is 312 g/mol. The van der Waals surface area contributed by atoms with Crippen molar-refractivity contribution >= 4 is 22.7 Å². The van der Waals surface area contributed by atoms with Gasteiger partial charge in [-0.2, -0.15) is 0 Å². The van der Waals surface area contributed by atoms with Crippen molar-refractivity contribution in [3.8, 4) is 0 Å². The first kappa shape index (κ1) is 15.7. The van der Waals surface area contributed by atoms with Crippen LogP contribution < -0.4 is 5.56 Å². The summed E-state index contributed by atoms with van der Waals surface area (Å²) in [6.07, 6.45) is 2.13. The van der Waals surface area contributed by atoms with Gasteiger partial charge in [-0.3, -0.25) is 9.36 Å². The second-order valence-electron chi connectivity index (χ2n) is 5.24. The number of para-hydroxylation sites is 1. The molecule has 0 aliphatic rings. The Kier molecular flexibility index (Phi) is 4.71. The van der Waals surface area contributed by atoms with E-state index in [-0.39, 0.29) is 5.56 Å². The van der Waals surface area contributed by atoms with Crippen LogP contribution in [0.15, 0.2) is 34.2 Å². The third kappa shape index (κ3) is 3.26. The lowest BCUT2D eigenvalue weighted by Crippen LogP contribution is -2.20. The van der Waals surface area contributed by atoms with E-state index in [9.17, 15) is 4.79 Å². The Hall–Kier alpha value is -2.22. The summed E-state index contributed by atoms with van der Waals surface area (Å²) in [6, 6.07) is 7.38. The van der Waals surface area contributed by atoms with Crippen LogP contribution in [0, 0.1) is 0 Å². The van der Waals surface area contributed by atoms with Crippen LogP contribution in [0.2, 0.25) is 0 Å². The largest absolute Gasteiger partial charge is 0.290 e. The zero-order valence-electron chi connectivity index (χ0n) is 13.1. The fourth-order valence-electron chi connectivity index (χ4n) is 2.26. The lowest BCUT2D eigenvalue weighted by atomic mass is 10.2. The summed E-state index contributed by atoms with van der Waals surface area (Å²) in [6.45, 7) is 2.94. The van der Waals surface area contributed by atoms with E-state index in [1.54, 1.807) is 17.7 Å². The molecule has 0 unspecified atom stereocenters. The summed E-state index contributed by atoms with van der Waals surface area (Å²) in [5.41, 5.74) is 0.673. The Morgan fingerprint density at radius 1 is 1.26 bits per heavy atom. The average molecular weight is 330 g/mol. The highest BCUT2D eigenvalue weighted by atomic mass is 32.2. The predicted molar refractivity (Wildman–Crippen MR) is 89.3 cm³/mol. The molecule has 0 saturated carbocycles. The van der Waals surface area contributed by atoms with E-state index in [4.69, 9.17) is 0 Å². The number of hydrogen-bond donors (Lipinski definition) is 0. The summed E-state index contributed by atoms with van der Waals surface area (Å²) in [4.78, 5) is 17.0. The van der Waals surface area contributed by atoms with Crippen LogP contribution in [0.3, 0.4) is 0 Å². The molecule has 2 aromatic heterocycles. The van der Waals surface area contributed by atoms with Gasteiger partial charge in [0.15, 0.2) is 11.0 Å². The molecule has 0 fully saturated rings. The number of unbranched alkanes of at least 4 members (excludes halogenated alkanes) is 1. The van der Waals surface area contributed by atoms with E-state index in [1.807, 2.05) is 22.9 Å². The highest BCUT2D eigenvalue weighted by Crippen LogP contribution is 2.20. The average Bonchev–Trinajstić information content (AvgIpc) is 3.02. The summed E-state index contributed by atoms with van der Waals surface area (Å²) in [5.74, 6) is 1.38. The van der Waals surface area contributed by atoms with Crippen LogP contribution in [0.4, 0.5) is 0 Å². The molecule has 23 heavy (non-hydrogen) atoms. The molecule has 8 heteroatoms. The van der Waals surface area contributed by atoms with Crippen LogP contribution in [-0.2, 0) is 19.3 Å². The van der Waals surface area contributed by atoms with Crippen LogP contribution in [0.1, 0.15) is 25.6 Å². The molecule has 0 bridgehead atoms. The molecule has 0 saturated heterocycles. The van der Waals surface area contributed by atoms with Gasteiger partial charge in [-0.1, -0.05) is 37.2 Å².